The van der Waals surface area contributed by atoms with E-state index in [1.807, 2.05) is 49.4 Å². The van der Waals surface area contributed by atoms with Gasteiger partial charge in [-0.2, -0.15) is 0 Å². The van der Waals surface area contributed by atoms with Crippen molar-refractivity contribution in [3.8, 4) is 22.8 Å². The number of carbonyl (C=O) groups is 2. The minimum atomic E-state index is -0.611. The predicted octanol–water partition coefficient (Wildman–Crippen LogP) is 5.02. The Balaban J connectivity index is 1.61. The average molecular weight is 456 g/mol. The van der Waals surface area contributed by atoms with Crippen LogP contribution in [0.4, 0.5) is 5.69 Å². The Morgan fingerprint density at radius 2 is 1.62 bits per heavy atom. The molecule has 3 aromatic carbocycles. The number of hydrogen-bond acceptors (Lipinski definition) is 6. The highest BCUT2D eigenvalue weighted by atomic mass is 16.5. The second-order valence-corrected chi connectivity index (χ2v) is 7.58. The lowest BCUT2D eigenvalue weighted by Gasteiger charge is -2.12. The van der Waals surface area contributed by atoms with Gasteiger partial charge in [0.15, 0.2) is 18.1 Å². The summed E-state index contributed by atoms with van der Waals surface area (Å²) in [7, 11) is 3.12. The fourth-order valence-corrected chi connectivity index (χ4v) is 3.60. The molecule has 0 saturated carbocycles. The van der Waals surface area contributed by atoms with Crippen LogP contribution >= 0.6 is 0 Å². The lowest BCUT2D eigenvalue weighted by molar-refractivity contribution is -0.119. The third kappa shape index (κ3) is 4.83. The summed E-state index contributed by atoms with van der Waals surface area (Å²) >= 11 is 0. The molecule has 4 rings (SSSR count). The number of methoxy groups -OCH3 is 2. The summed E-state index contributed by atoms with van der Waals surface area (Å²) in [4.78, 5) is 30.1. The summed E-state index contributed by atoms with van der Waals surface area (Å²) in [5.41, 5.74) is 3.85. The first-order chi connectivity index (χ1) is 16.5. The molecule has 0 saturated heterocycles. The Morgan fingerprint density at radius 3 is 2.38 bits per heavy atom. The van der Waals surface area contributed by atoms with Crippen LogP contribution in [0.25, 0.3) is 22.2 Å². The molecular formula is C27H24N2O5. The first-order valence-electron chi connectivity index (χ1n) is 10.6. The van der Waals surface area contributed by atoms with Crippen molar-refractivity contribution in [3.05, 3.63) is 83.9 Å². The molecule has 7 heteroatoms. The van der Waals surface area contributed by atoms with Gasteiger partial charge in [-0.1, -0.05) is 36.4 Å². The normalized spacial score (nSPS) is 10.6. The van der Waals surface area contributed by atoms with Gasteiger partial charge in [-0.15, -0.1) is 0 Å². The van der Waals surface area contributed by atoms with Gasteiger partial charge in [0.05, 0.1) is 31.0 Å². The molecule has 1 heterocycles. The van der Waals surface area contributed by atoms with Crippen LogP contribution in [-0.4, -0.2) is 37.7 Å². The number of fused-ring (bicyclic) bond motifs is 1. The van der Waals surface area contributed by atoms with E-state index >= 15 is 0 Å². The molecule has 0 fully saturated rings. The van der Waals surface area contributed by atoms with Crippen LogP contribution in [0.1, 0.15) is 15.9 Å². The van der Waals surface area contributed by atoms with Gasteiger partial charge in [-0.25, -0.2) is 9.78 Å². The number of hydrogen-bond donors (Lipinski definition) is 1. The molecular weight excluding hydrogens is 432 g/mol. The lowest BCUT2D eigenvalue weighted by atomic mass is 10.0. The predicted molar refractivity (Wildman–Crippen MR) is 130 cm³/mol. The lowest BCUT2D eigenvalue weighted by Crippen LogP contribution is -2.21. The zero-order chi connectivity index (χ0) is 24.1. The highest BCUT2D eigenvalue weighted by Gasteiger charge is 2.17. The molecule has 1 N–H and O–H groups in total. The molecule has 0 unspecified atom stereocenters. The van der Waals surface area contributed by atoms with Gasteiger partial charge in [0.2, 0.25) is 0 Å². The first kappa shape index (κ1) is 22.8. The number of aryl methyl sites for hydroxylation is 1. The van der Waals surface area contributed by atoms with Gasteiger partial charge < -0.3 is 19.5 Å². The van der Waals surface area contributed by atoms with Crippen molar-refractivity contribution in [3.63, 3.8) is 0 Å². The largest absolute Gasteiger partial charge is 0.493 e. The van der Waals surface area contributed by atoms with Gasteiger partial charge in [-0.05, 0) is 48.9 Å². The number of para-hydroxylation sites is 2. The summed E-state index contributed by atoms with van der Waals surface area (Å²) in [5, 5.41) is 3.40. The summed E-state index contributed by atoms with van der Waals surface area (Å²) in [6, 6.07) is 21.7. The van der Waals surface area contributed by atoms with Crippen LogP contribution in [0.5, 0.6) is 11.5 Å². The number of anilines is 1. The smallest absolute Gasteiger partial charge is 0.339 e. The Labute approximate surface area is 197 Å². The number of ether oxygens (including phenoxy) is 3. The van der Waals surface area contributed by atoms with E-state index in [9.17, 15) is 9.59 Å². The van der Waals surface area contributed by atoms with E-state index in [1.54, 1.807) is 44.6 Å². The molecule has 172 valence electrons. The van der Waals surface area contributed by atoms with Crippen LogP contribution < -0.4 is 14.8 Å². The zero-order valence-corrected chi connectivity index (χ0v) is 19.1. The number of carbonyl (C=O) groups excluding carboxylic acids is 2. The fraction of sp³-hybridized carbons (Fsp3) is 0.148. The van der Waals surface area contributed by atoms with Crippen molar-refractivity contribution < 1.29 is 23.8 Å². The van der Waals surface area contributed by atoms with Crippen LogP contribution in [0.3, 0.4) is 0 Å². The summed E-state index contributed by atoms with van der Waals surface area (Å²) in [5.74, 6) is 0.111. The topological polar surface area (TPSA) is 86.8 Å². The molecule has 0 aliphatic rings. The molecule has 0 bridgehead atoms. The fourth-order valence-electron chi connectivity index (χ4n) is 3.60. The molecule has 0 spiro atoms. The van der Waals surface area contributed by atoms with Crippen molar-refractivity contribution in [1.82, 2.24) is 4.98 Å². The van der Waals surface area contributed by atoms with Gasteiger partial charge >= 0.3 is 5.97 Å². The first-order valence-corrected chi connectivity index (χ1v) is 10.6. The van der Waals surface area contributed by atoms with E-state index in [2.05, 4.69) is 5.32 Å². The molecule has 4 aromatic rings. The Hall–Kier alpha value is -4.39. The van der Waals surface area contributed by atoms with E-state index in [0.717, 1.165) is 11.1 Å². The van der Waals surface area contributed by atoms with E-state index in [-0.39, 0.29) is 0 Å². The number of nitrogens with one attached hydrogen (secondary N) is 1. The van der Waals surface area contributed by atoms with Crippen molar-refractivity contribution in [2.45, 2.75) is 6.92 Å². The van der Waals surface area contributed by atoms with Crippen LogP contribution in [0, 0.1) is 6.92 Å². The molecule has 1 amide bonds. The molecule has 0 aliphatic carbocycles. The highest BCUT2D eigenvalue weighted by Crippen LogP contribution is 2.33. The van der Waals surface area contributed by atoms with Crippen molar-refractivity contribution in [2.75, 3.05) is 26.1 Å². The summed E-state index contributed by atoms with van der Waals surface area (Å²) < 4.78 is 16.1. The number of benzene rings is 3. The number of esters is 1. The second kappa shape index (κ2) is 10.0. The third-order valence-electron chi connectivity index (χ3n) is 5.37. The van der Waals surface area contributed by atoms with Gasteiger partial charge in [0, 0.05) is 16.6 Å². The Bertz CT molecular complexity index is 1370. The third-order valence-corrected chi connectivity index (χ3v) is 5.37. The molecule has 0 aliphatic heterocycles. The van der Waals surface area contributed by atoms with Gasteiger partial charge in [0.1, 0.15) is 0 Å². The van der Waals surface area contributed by atoms with Gasteiger partial charge in [0.25, 0.3) is 5.91 Å². The van der Waals surface area contributed by atoms with Crippen LogP contribution in [0.15, 0.2) is 72.8 Å². The van der Waals surface area contributed by atoms with E-state index in [4.69, 9.17) is 19.2 Å². The maximum atomic E-state index is 13.0. The van der Waals surface area contributed by atoms with Crippen LogP contribution in [0.2, 0.25) is 0 Å². The zero-order valence-electron chi connectivity index (χ0n) is 19.1. The maximum Gasteiger partial charge on any atom is 0.339 e. The van der Waals surface area contributed by atoms with E-state index < -0.39 is 18.5 Å². The maximum absolute atomic E-state index is 13.0. The van der Waals surface area contributed by atoms with Crippen LogP contribution in [-0.2, 0) is 9.53 Å². The van der Waals surface area contributed by atoms with E-state index in [0.29, 0.717) is 39.3 Å². The van der Waals surface area contributed by atoms with Crippen molar-refractivity contribution in [1.29, 1.82) is 0 Å². The number of pyridine rings is 1. The molecule has 7 nitrogen and oxygen atoms in total. The number of amides is 1. The SMILES string of the molecule is COc1ccc(-c2cc(C(=O)OCC(=O)Nc3ccccc3C)c3ccccc3n2)cc1OC. The molecule has 0 radical (unpaired) electrons. The minimum absolute atomic E-state index is 0.319. The molecule has 0 atom stereocenters. The monoisotopic (exact) mass is 456 g/mol. The average Bonchev–Trinajstić information content (AvgIpc) is 2.87. The summed E-state index contributed by atoms with van der Waals surface area (Å²) in [6.45, 7) is 1.48. The van der Waals surface area contributed by atoms with E-state index in [1.165, 1.54) is 0 Å². The number of rotatable bonds is 7. The Morgan fingerprint density at radius 1 is 0.882 bits per heavy atom. The van der Waals surface area contributed by atoms with Crippen molar-refractivity contribution >= 4 is 28.5 Å². The minimum Gasteiger partial charge on any atom is -0.493 e. The highest BCUT2D eigenvalue weighted by molar-refractivity contribution is 6.05. The quantitative estimate of drug-likeness (QED) is 0.393. The number of aromatic nitrogens is 1. The molecule has 34 heavy (non-hydrogen) atoms. The molecule has 1 aromatic heterocycles. The number of nitrogens with zero attached hydrogens (tertiary/aromatic N) is 1. The Kier molecular flexibility index (Phi) is 6.73. The van der Waals surface area contributed by atoms with Gasteiger partial charge in [-0.3, -0.25) is 4.79 Å². The van der Waals surface area contributed by atoms with Crippen molar-refractivity contribution in [2.24, 2.45) is 0 Å². The standard InChI is InChI=1S/C27H24N2O5/c1-17-8-4-6-10-21(17)29-26(30)16-34-27(31)20-15-23(28-22-11-7-5-9-19(20)22)18-12-13-24(32-2)25(14-18)33-3/h4-15H,16H2,1-3H3,(H,29,30). The summed E-state index contributed by atoms with van der Waals surface area (Å²) in [6.07, 6.45) is 0. The second-order valence-electron chi connectivity index (χ2n) is 7.58.